The predicted molar refractivity (Wildman–Crippen MR) is 66.3 cm³/mol. The van der Waals surface area contributed by atoms with Gasteiger partial charge >= 0.3 is 0 Å². The Labute approximate surface area is 98.8 Å². The number of phenols is 1. The number of phenolic OH excluding ortho intramolecular Hbond substituents is 1. The van der Waals surface area contributed by atoms with E-state index < -0.39 is 0 Å². The van der Waals surface area contributed by atoms with Gasteiger partial charge in [0.15, 0.2) is 0 Å². The topological polar surface area (TPSA) is 62.5 Å². The summed E-state index contributed by atoms with van der Waals surface area (Å²) >= 11 is 0. The highest BCUT2D eigenvalue weighted by molar-refractivity contribution is 5.83. The molecule has 0 aliphatic rings. The maximum absolute atomic E-state index is 12.2. The van der Waals surface area contributed by atoms with Gasteiger partial charge in [-0.3, -0.25) is 4.79 Å². The number of nitrogens with zero attached hydrogens (tertiary/aromatic N) is 1. The van der Waals surface area contributed by atoms with Crippen molar-refractivity contribution in [2.24, 2.45) is 0 Å². The molecule has 0 spiro atoms. The van der Waals surface area contributed by atoms with E-state index in [4.69, 9.17) is 5.11 Å². The van der Waals surface area contributed by atoms with Crippen molar-refractivity contribution in [3.05, 3.63) is 40.3 Å². The predicted octanol–water partition coefficient (Wildman–Crippen LogP) is 1.26. The monoisotopic (exact) mass is 233 g/mol. The normalized spacial score (nSPS) is 10.9. The summed E-state index contributed by atoms with van der Waals surface area (Å²) in [7, 11) is 0. The lowest BCUT2D eigenvalue weighted by atomic mass is 10.1. The second-order valence-electron chi connectivity index (χ2n) is 3.94. The largest absolute Gasteiger partial charge is 0.508 e. The molecule has 2 aromatic rings. The molecule has 2 rings (SSSR count). The van der Waals surface area contributed by atoms with E-state index in [1.165, 1.54) is 6.07 Å². The third-order valence-electron chi connectivity index (χ3n) is 2.87. The number of hydrogen-bond acceptors (Lipinski definition) is 3. The first-order valence-electron chi connectivity index (χ1n) is 5.63. The highest BCUT2D eigenvalue weighted by Crippen LogP contribution is 2.18. The number of aliphatic hydroxyl groups excluding tert-OH is 1. The SMILES string of the molecule is CCc1cc2ccc(O)cc2c(=O)n1CCO. The minimum Gasteiger partial charge on any atom is -0.508 e. The highest BCUT2D eigenvalue weighted by atomic mass is 16.3. The first kappa shape index (κ1) is 11.7. The summed E-state index contributed by atoms with van der Waals surface area (Å²) in [6, 6.07) is 6.68. The van der Waals surface area contributed by atoms with Gasteiger partial charge in [-0.05, 0) is 30.0 Å². The average Bonchev–Trinajstić information content (AvgIpc) is 2.33. The molecule has 0 atom stereocenters. The van der Waals surface area contributed by atoms with E-state index in [1.807, 2.05) is 13.0 Å². The molecule has 0 aliphatic heterocycles. The fourth-order valence-corrected chi connectivity index (χ4v) is 2.03. The number of aryl methyl sites for hydroxylation is 1. The molecule has 0 aliphatic carbocycles. The summed E-state index contributed by atoms with van der Waals surface area (Å²) in [6.07, 6.45) is 0.728. The smallest absolute Gasteiger partial charge is 0.258 e. The van der Waals surface area contributed by atoms with Gasteiger partial charge in [0.1, 0.15) is 5.75 Å². The highest BCUT2D eigenvalue weighted by Gasteiger charge is 2.08. The van der Waals surface area contributed by atoms with Crippen molar-refractivity contribution >= 4 is 10.8 Å². The van der Waals surface area contributed by atoms with Crippen LogP contribution in [0, 0.1) is 0 Å². The number of benzene rings is 1. The quantitative estimate of drug-likeness (QED) is 0.839. The Morgan fingerprint density at radius 2 is 2.06 bits per heavy atom. The number of fused-ring (bicyclic) bond motifs is 1. The van der Waals surface area contributed by atoms with Gasteiger partial charge in [-0.1, -0.05) is 13.0 Å². The first-order valence-corrected chi connectivity index (χ1v) is 5.63. The van der Waals surface area contributed by atoms with Gasteiger partial charge in [0.05, 0.1) is 12.0 Å². The van der Waals surface area contributed by atoms with E-state index in [1.54, 1.807) is 16.7 Å². The van der Waals surface area contributed by atoms with Crippen molar-refractivity contribution in [2.75, 3.05) is 6.61 Å². The van der Waals surface area contributed by atoms with Crippen LogP contribution in [0.2, 0.25) is 0 Å². The van der Waals surface area contributed by atoms with Crippen LogP contribution in [-0.4, -0.2) is 21.4 Å². The van der Waals surface area contributed by atoms with Crippen LogP contribution in [0.15, 0.2) is 29.1 Å². The zero-order valence-corrected chi connectivity index (χ0v) is 9.68. The van der Waals surface area contributed by atoms with Crippen LogP contribution in [0.5, 0.6) is 5.75 Å². The fraction of sp³-hybridized carbons (Fsp3) is 0.308. The van der Waals surface area contributed by atoms with E-state index in [0.29, 0.717) is 5.39 Å². The van der Waals surface area contributed by atoms with Gasteiger partial charge in [-0.25, -0.2) is 0 Å². The van der Waals surface area contributed by atoms with Gasteiger partial charge in [0.25, 0.3) is 5.56 Å². The first-order chi connectivity index (χ1) is 8.17. The number of aromatic nitrogens is 1. The lowest BCUT2D eigenvalue weighted by Crippen LogP contribution is -2.25. The average molecular weight is 233 g/mol. The molecule has 4 nitrogen and oxygen atoms in total. The maximum atomic E-state index is 12.2. The molecule has 1 heterocycles. The molecule has 1 aromatic heterocycles. The van der Waals surface area contributed by atoms with Gasteiger partial charge < -0.3 is 14.8 Å². The number of pyridine rings is 1. The van der Waals surface area contributed by atoms with Crippen molar-refractivity contribution in [1.82, 2.24) is 4.57 Å². The summed E-state index contributed by atoms with van der Waals surface area (Å²) in [5, 5.41) is 19.7. The summed E-state index contributed by atoms with van der Waals surface area (Å²) in [4.78, 5) is 12.2. The van der Waals surface area contributed by atoms with Crippen LogP contribution in [0.1, 0.15) is 12.6 Å². The molecular formula is C13H15NO3. The Kier molecular flexibility index (Phi) is 3.15. The van der Waals surface area contributed by atoms with E-state index in [-0.39, 0.29) is 24.5 Å². The van der Waals surface area contributed by atoms with Crippen molar-refractivity contribution < 1.29 is 10.2 Å². The van der Waals surface area contributed by atoms with Crippen molar-refractivity contribution in [3.8, 4) is 5.75 Å². The second kappa shape index (κ2) is 4.59. The van der Waals surface area contributed by atoms with Crippen LogP contribution in [0.25, 0.3) is 10.8 Å². The number of aliphatic hydroxyl groups is 1. The lowest BCUT2D eigenvalue weighted by molar-refractivity contribution is 0.272. The Bertz CT molecular complexity index is 601. The molecule has 0 unspecified atom stereocenters. The van der Waals surface area contributed by atoms with Crippen LogP contribution < -0.4 is 5.56 Å². The van der Waals surface area contributed by atoms with Crippen molar-refractivity contribution in [3.63, 3.8) is 0 Å². The number of aromatic hydroxyl groups is 1. The number of rotatable bonds is 3. The Morgan fingerprint density at radius 3 is 2.71 bits per heavy atom. The molecule has 1 aromatic carbocycles. The molecule has 0 saturated carbocycles. The zero-order chi connectivity index (χ0) is 12.4. The Morgan fingerprint density at radius 1 is 1.29 bits per heavy atom. The van der Waals surface area contributed by atoms with E-state index >= 15 is 0 Å². The van der Waals surface area contributed by atoms with Crippen LogP contribution in [-0.2, 0) is 13.0 Å². The maximum Gasteiger partial charge on any atom is 0.258 e. The molecule has 2 N–H and O–H groups in total. The van der Waals surface area contributed by atoms with Gasteiger partial charge in [-0.2, -0.15) is 0 Å². The zero-order valence-electron chi connectivity index (χ0n) is 9.68. The Hall–Kier alpha value is -1.81. The molecule has 0 bridgehead atoms. The van der Waals surface area contributed by atoms with Gasteiger partial charge in [0, 0.05) is 12.2 Å². The van der Waals surface area contributed by atoms with E-state index in [9.17, 15) is 9.90 Å². The molecule has 4 heteroatoms. The second-order valence-corrected chi connectivity index (χ2v) is 3.94. The minimum atomic E-state index is -0.163. The minimum absolute atomic E-state index is 0.0722. The standard InChI is InChI=1S/C13H15NO3/c1-2-10-7-9-3-4-11(16)8-12(9)13(17)14(10)5-6-15/h3-4,7-8,15-16H,2,5-6H2,1H3. The summed E-state index contributed by atoms with van der Waals surface area (Å²) in [5.41, 5.74) is 0.728. The van der Waals surface area contributed by atoms with E-state index in [0.717, 1.165) is 17.5 Å². The van der Waals surface area contributed by atoms with Crippen LogP contribution in [0.4, 0.5) is 0 Å². The lowest BCUT2D eigenvalue weighted by Gasteiger charge is -2.12. The molecule has 0 saturated heterocycles. The van der Waals surface area contributed by atoms with Crippen molar-refractivity contribution in [2.45, 2.75) is 19.9 Å². The molecule has 17 heavy (non-hydrogen) atoms. The molecule has 90 valence electrons. The van der Waals surface area contributed by atoms with E-state index in [2.05, 4.69) is 0 Å². The van der Waals surface area contributed by atoms with Gasteiger partial charge in [0.2, 0.25) is 0 Å². The third-order valence-corrected chi connectivity index (χ3v) is 2.87. The van der Waals surface area contributed by atoms with Crippen LogP contribution in [0.3, 0.4) is 0 Å². The molecule has 0 radical (unpaired) electrons. The summed E-state index contributed by atoms with van der Waals surface area (Å²) < 4.78 is 1.56. The summed E-state index contributed by atoms with van der Waals surface area (Å²) in [6.45, 7) is 2.18. The third kappa shape index (κ3) is 2.03. The Balaban J connectivity index is 2.79. The van der Waals surface area contributed by atoms with Gasteiger partial charge in [-0.15, -0.1) is 0 Å². The molecule has 0 fully saturated rings. The van der Waals surface area contributed by atoms with Crippen molar-refractivity contribution in [1.29, 1.82) is 0 Å². The molecule has 0 amide bonds. The molecular weight excluding hydrogens is 218 g/mol. The number of hydrogen-bond donors (Lipinski definition) is 2. The summed E-state index contributed by atoms with van der Waals surface area (Å²) in [5.74, 6) is 0.0781. The van der Waals surface area contributed by atoms with Crippen LogP contribution >= 0.6 is 0 Å². The fourth-order valence-electron chi connectivity index (χ4n) is 2.03.